The molecule has 0 fully saturated rings. The summed E-state index contributed by atoms with van der Waals surface area (Å²) in [5, 5.41) is 1.13. The molecule has 2 rings (SSSR count). The van der Waals surface area contributed by atoms with E-state index in [1.807, 2.05) is 37.3 Å². The molecular formula is C14H13Cl2N. The van der Waals surface area contributed by atoms with E-state index in [-0.39, 0.29) is 6.04 Å². The van der Waals surface area contributed by atoms with Gasteiger partial charge in [0.1, 0.15) is 0 Å². The molecule has 17 heavy (non-hydrogen) atoms. The quantitative estimate of drug-likeness (QED) is 0.839. The monoisotopic (exact) mass is 265 g/mol. The Balaban J connectivity index is 2.45. The highest BCUT2D eigenvalue weighted by Gasteiger charge is 2.04. The standard InChI is InChI=1S/C14H13Cl2N/c1-9(17)10-3-2-4-11(7-10)12-5-6-13(15)14(16)8-12/h2-9H,17H2,1H3. The van der Waals surface area contributed by atoms with Crippen LogP contribution in [0, 0.1) is 0 Å². The number of benzene rings is 2. The van der Waals surface area contributed by atoms with Gasteiger partial charge in [-0.3, -0.25) is 0 Å². The number of halogens is 2. The molecular weight excluding hydrogens is 253 g/mol. The van der Waals surface area contributed by atoms with Gasteiger partial charge in [0.05, 0.1) is 10.0 Å². The minimum Gasteiger partial charge on any atom is -0.324 e. The lowest BCUT2D eigenvalue weighted by Crippen LogP contribution is -2.04. The summed E-state index contributed by atoms with van der Waals surface area (Å²) in [5.41, 5.74) is 9.11. The lowest BCUT2D eigenvalue weighted by atomic mass is 10.0. The Hall–Kier alpha value is -1.02. The third-order valence-electron chi connectivity index (χ3n) is 2.67. The van der Waals surface area contributed by atoms with Crippen molar-refractivity contribution in [2.24, 2.45) is 5.73 Å². The van der Waals surface area contributed by atoms with E-state index in [1.54, 1.807) is 6.07 Å². The highest BCUT2D eigenvalue weighted by atomic mass is 35.5. The molecule has 88 valence electrons. The second-order valence-corrected chi connectivity index (χ2v) is 4.86. The van der Waals surface area contributed by atoms with Gasteiger partial charge in [0.25, 0.3) is 0 Å². The molecule has 3 heteroatoms. The summed E-state index contributed by atoms with van der Waals surface area (Å²) >= 11 is 11.9. The van der Waals surface area contributed by atoms with Crippen molar-refractivity contribution in [3.8, 4) is 11.1 Å². The van der Waals surface area contributed by atoms with Crippen LogP contribution in [0.5, 0.6) is 0 Å². The first-order valence-corrected chi connectivity index (χ1v) is 6.14. The van der Waals surface area contributed by atoms with Gasteiger partial charge in [-0.15, -0.1) is 0 Å². The fourth-order valence-corrected chi connectivity index (χ4v) is 1.98. The van der Waals surface area contributed by atoms with Crippen LogP contribution in [0.2, 0.25) is 10.0 Å². The SMILES string of the molecule is CC(N)c1cccc(-c2ccc(Cl)c(Cl)c2)c1. The molecule has 0 aromatic heterocycles. The largest absolute Gasteiger partial charge is 0.324 e. The lowest BCUT2D eigenvalue weighted by Gasteiger charge is -2.09. The van der Waals surface area contributed by atoms with Gasteiger partial charge in [-0.25, -0.2) is 0 Å². The molecule has 0 amide bonds. The Bertz CT molecular complexity index is 535. The Morgan fingerprint density at radius 1 is 0.941 bits per heavy atom. The molecule has 0 saturated heterocycles. The lowest BCUT2D eigenvalue weighted by molar-refractivity contribution is 0.819. The Labute approximate surface area is 111 Å². The molecule has 1 unspecified atom stereocenters. The summed E-state index contributed by atoms with van der Waals surface area (Å²) in [6.45, 7) is 1.97. The smallest absolute Gasteiger partial charge is 0.0598 e. The number of nitrogens with two attached hydrogens (primary N) is 1. The Morgan fingerprint density at radius 3 is 2.29 bits per heavy atom. The van der Waals surface area contributed by atoms with Crippen molar-refractivity contribution in [1.82, 2.24) is 0 Å². The van der Waals surface area contributed by atoms with Gasteiger partial charge < -0.3 is 5.73 Å². The van der Waals surface area contributed by atoms with Crippen LogP contribution in [-0.2, 0) is 0 Å². The van der Waals surface area contributed by atoms with Crippen molar-refractivity contribution < 1.29 is 0 Å². The minimum atomic E-state index is 0.0257. The number of hydrogen-bond acceptors (Lipinski definition) is 1. The predicted octanol–water partition coefficient (Wildman–Crippen LogP) is 4.68. The second-order valence-electron chi connectivity index (χ2n) is 4.04. The van der Waals surface area contributed by atoms with Crippen molar-refractivity contribution in [2.45, 2.75) is 13.0 Å². The maximum atomic E-state index is 6.01. The molecule has 0 aliphatic heterocycles. The summed E-state index contributed by atoms with van der Waals surface area (Å²) in [4.78, 5) is 0. The zero-order valence-electron chi connectivity index (χ0n) is 9.45. The fraction of sp³-hybridized carbons (Fsp3) is 0.143. The summed E-state index contributed by atoms with van der Waals surface area (Å²) in [7, 11) is 0. The van der Waals surface area contributed by atoms with Gasteiger partial charge in [0.15, 0.2) is 0 Å². The summed E-state index contributed by atoms with van der Waals surface area (Å²) in [5.74, 6) is 0. The molecule has 2 aromatic rings. The van der Waals surface area contributed by atoms with Gasteiger partial charge in [-0.2, -0.15) is 0 Å². The van der Waals surface area contributed by atoms with Gasteiger partial charge in [-0.05, 0) is 41.8 Å². The molecule has 0 aliphatic rings. The Kier molecular flexibility index (Phi) is 3.72. The van der Waals surface area contributed by atoms with Crippen LogP contribution in [0.4, 0.5) is 0 Å². The van der Waals surface area contributed by atoms with E-state index in [0.29, 0.717) is 10.0 Å². The number of hydrogen-bond donors (Lipinski definition) is 1. The first-order chi connectivity index (χ1) is 8.08. The second kappa shape index (κ2) is 5.09. The zero-order chi connectivity index (χ0) is 12.4. The van der Waals surface area contributed by atoms with Crippen LogP contribution in [0.15, 0.2) is 42.5 Å². The maximum Gasteiger partial charge on any atom is 0.0598 e. The maximum absolute atomic E-state index is 6.01. The summed E-state index contributed by atoms with van der Waals surface area (Å²) in [6.07, 6.45) is 0. The van der Waals surface area contributed by atoms with Crippen LogP contribution < -0.4 is 5.73 Å². The van der Waals surface area contributed by atoms with Gasteiger partial charge in [0.2, 0.25) is 0 Å². The van der Waals surface area contributed by atoms with Crippen LogP contribution in [0.1, 0.15) is 18.5 Å². The van der Waals surface area contributed by atoms with Crippen molar-refractivity contribution in [2.75, 3.05) is 0 Å². The van der Waals surface area contributed by atoms with E-state index in [1.165, 1.54) is 0 Å². The van der Waals surface area contributed by atoms with E-state index in [2.05, 4.69) is 6.07 Å². The van der Waals surface area contributed by atoms with Crippen molar-refractivity contribution in [3.05, 3.63) is 58.1 Å². The highest BCUT2D eigenvalue weighted by Crippen LogP contribution is 2.29. The van der Waals surface area contributed by atoms with Crippen molar-refractivity contribution in [3.63, 3.8) is 0 Å². The third kappa shape index (κ3) is 2.81. The average molecular weight is 266 g/mol. The minimum absolute atomic E-state index is 0.0257. The first-order valence-electron chi connectivity index (χ1n) is 5.39. The fourth-order valence-electron chi connectivity index (χ4n) is 1.68. The molecule has 0 radical (unpaired) electrons. The van der Waals surface area contributed by atoms with Gasteiger partial charge in [0, 0.05) is 6.04 Å². The van der Waals surface area contributed by atoms with Crippen LogP contribution >= 0.6 is 23.2 Å². The van der Waals surface area contributed by atoms with E-state index in [9.17, 15) is 0 Å². The van der Waals surface area contributed by atoms with Crippen molar-refractivity contribution in [1.29, 1.82) is 0 Å². The third-order valence-corrected chi connectivity index (χ3v) is 3.40. The summed E-state index contributed by atoms with van der Waals surface area (Å²) in [6, 6.07) is 13.8. The van der Waals surface area contributed by atoms with E-state index >= 15 is 0 Å². The molecule has 1 nitrogen and oxygen atoms in total. The normalized spacial score (nSPS) is 12.5. The van der Waals surface area contributed by atoms with E-state index < -0.39 is 0 Å². The molecule has 0 saturated carbocycles. The Morgan fingerprint density at radius 2 is 1.65 bits per heavy atom. The molecule has 0 spiro atoms. The topological polar surface area (TPSA) is 26.0 Å². The predicted molar refractivity (Wildman–Crippen MR) is 74.5 cm³/mol. The van der Waals surface area contributed by atoms with Gasteiger partial charge in [-0.1, -0.05) is 47.5 Å². The van der Waals surface area contributed by atoms with E-state index in [4.69, 9.17) is 28.9 Å². The van der Waals surface area contributed by atoms with E-state index in [0.717, 1.165) is 16.7 Å². The molecule has 0 bridgehead atoms. The molecule has 1 atom stereocenters. The molecule has 2 N–H and O–H groups in total. The highest BCUT2D eigenvalue weighted by molar-refractivity contribution is 6.42. The molecule has 2 aromatic carbocycles. The molecule has 0 aliphatic carbocycles. The average Bonchev–Trinajstić information content (AvgIpc) is 2.33. The van der Waals surface area contributed by atoms with Crippen LogP contribution in [-0.4, -0.2) is 0 Å². The molecule has 0 heterocycles. The van der Waals surface area contributed by atoms with Crippen LogP contribution in [0.3, 0.4) is 0 Å². The van der Waals surface area contributed by atoms with Crippen molar-refractivity contribution >= 4 is 23.2 Å². The number of rotatable bonds is 2. The van der Waals surface area contributed by atoms with Gasteiger partial charge >= 0.3 is 0 Å². The summed E-state index contributed by atoms with van der Waals surface area (Å²) < 4.78 is 0. The zero-order valence-corrected chi connectivity index (χ0v) is 11.0. The van der Waals surface area contributed by atoms with Crippen LogP contribution in [0.25, 0.3) is 11.1 Å². The first kappa shape index (κ1) is 12.4.